The first-order valence-corrected chi connectivity index (χ1v) is 6.00. The highest BCUT2D eigenvalue weighted by atomic mass is 32.1. The molecule has 0 amide bonds. The van der Waals surface area contributed by atoms with Crippen LogP contribution in [0.25, 0.3) is 0 Å². The molecule has 1 aliphatic rings. The lowest BCUT2D eigenvalue weighted by atomic mass is 10.1. The van der Waals surface area contributed by atoms with Crippen LogP contribution in [0, 0.1) is 5.92 Å². The fourth-order valence-electron chi connectivity index (χ4n) is 1.62. The number of rotatable bonds is 5. The maximum absolute atomic E-state index is 5.31. The van der Waals surface area contributed by atoms with Crippen molar-refractivity contribution in [3.8, 4) is 0 Å². The Hall–Kier alpha value is -0.450. The van der Waals surface area contributed by atoms with Gasteiger partial charge >= 0.3 is 0 Å². The highest BCUT2D eigenvalue weighted by Gasteiger charge is 2.14. The Morgan fingerprint density at radius 2 is 2.64 bits per heavy atom. The standard InChI is InChI=1S/C10H16N2OS/c1(10-12-4-6-14-10)3-11-7-9-2-5-13-8-9/h4,6,9,11H,1-3,5,7-8H2. The van der Waals surface area contributed by atoms with Gasteiger partial charge in [-0.1, -0.05) is 0 Å². The summed E-state index contributed by atoms with van der Waals surface area (Å²) in [5.74, 6) is 0.728. The Balaban J connectivity index is 1.55. The minimum Gasteiger partial charge on any atom is -0.381 e. The average Bonchev–Trinajstić information content (AvgIpc) is 2.86. The lowest BCUT2D eigenvalue weighted by molar-refractivity contribution is 0.185. The van der Waals surface area contributed by atoms with Gasteiger partial charge in [-0.25, -0.2) is 4.98 Å². The molecule has 1 aliphatic heterocycles. The first-order valence-electron chi connectivity index (χ1n) is 5.12. The zero-order chi connectivity index (χ0) is 9.64. The van der Waals surface area contributed by atoms with E-state index in [9.17, 15) is 0 Å². The van der Waals surface area contributed by atoms with E-state index in [1.165, 1.54) is 11.4 Å². The molecule has 0 bridgehead atoms. The average molecular weight is 212 g/mol. The van der Waals surface area contributed by atoms with E-state index in [2.05, 4.69) is 10.3 Å². The monoisotopic (exact) mass is 212 g/mol. The summed E-state index contributed by atoms with van der Waals surface area (Å²) in [4.78, 5) is 4.24. The molecule has 1 aromatic rings. The van der Waals surface area contributed by atoms with Crippen LogP contribution >= 0.6 is 11.3 Å². The van der Waals surface area contributed by atoms with Gasteiger partial charge < -0.3 is 10.1 Å². The van der Waals surface area contributed by atoms with Gasteiger partial charge in [-0.05, 0) is 12.3 Å². The molecule has 0 aromatic carbocycles. The lowest BCUT2D eigenvalue weighted by Crippen LogP contribution is -2.25. The smallest absolute Gasteiger partial charge is 0.0937 e. The van der Waals surface area contributed by atoms with Crippen LogP contribution in [0.2, 0.25) is 0 Å². The maximum Gasteiger partial charge on any atom is 0.0937 e. The first-order chi connectivity index (χ1) is 6.95. The van der Waals surface area contributed by atoms with E-state index in [4.69, 9.17) is 4.74 Å². The van der Waals surface area contributed by atoms with E-state index in [1.54, 1.807) is 11.3 Å². The minimum absolute atomic E-state index is 0.728. The van der Waals surface area contributed by atoms with E-state index < -0.39 is 0 Å². The molecule has 1 N–H and O–H groups in total. The van der Waals surface area contributed by atoms with Gasteiger partial charge in [0.2, 0.25) is 0 Å². The second-order valence-corrected chi connectivity index (χ2v) is 4.59. The van der Waals surface area contributed by atoms with Crippen LogP contribution in [0.1, 0.15) is 11.4 Å². The molecule has 78 valence electrons. The number of thiazole rings is 1. The quantitative estimate of drug-likeness (QED) is 0.747. The van der Waals surface area contributed by atoms with Crippen LogP contribution in [0.15, 0.2) is 11.6 Å². The topological polar surface area (TPSA) is 34.1 Å². The van der Waals surface area contributed by atoms with Crippen LogP contribution < -0.4 is 5.32 Å². The molecule has 0 saturated carbocycles. The zero-order valence-electron chi connectivity index (χ0n) is 8.24. The summed E-state index contributed by atoms with van der Waals surface area (Å²) in [5, 5.41) is 6.70. The normalized spacial score (nSPS) is 21.6. The second kappa shape index (κ2) is 5.44. The third kappa shape index (κ3) is 3.04. The minimum atomic E-state index is 0.728. The van der Waals surface area contributed by atoms with Crippen molar-refractivity contribution in [1.82, 2.24) is 10.3 Å². The third-order valence-corrected chi connectivity index (χ3v) is 3.30. The molecule has 1 aromatic heterocycles. The molecule has 14 heavy (non-hydrogen) atoms. The van der Waals surface area contributed by atoms with Gasteiger partial charge in [-0.3, -0.25) is 0 Å². The van der Waals surface area contributed by atoms with E-state index >= 15 is 0 Å². The van der Waals surface area contributed by atoms with Crippen molar-refractivity contribution in [2.45, 2.75) is 12.8 Å². The van der Waals surface area contributed by atoms with E-state index in [0.717, 1.165) is 38.6 Å². The Morgan fingerprint density at radius 1 is 1.64 bits per heavy atom. The number of hydrogen-bond donors (Lipinski definition) is 1. The fourth-order valence-corrected chi connectivity index (χ4v) is 2.24. The molecular formula is C10H16N2OS. The molecule has 1 fully saturated rings. The molecule has 0 spiro atoms. The van der Waals surface area contributed by atoms with Gasteiger partial charge in [-0.2, -0.15) is 0 Å². The van der Waals surface area contributed by atoms with Crippen LogP contribution in [0.3, 0.4) is 0 Å². The Kier molecular flexibility index (Phi) is 3.91. The van der Waals surface area contributed by atoms with Gasteiger partial charge in [0.25, 0.3) is 0 Å². The fraction of sp³-hybridized carbons (Fsp3) is 0.700. The van der Waals surface area contributed by atoms with Crippen LogP contribution in [-0.2, 0) is 11.2 Å². The zero-order valence-corrected chi connectivity index (χ0v) is 9.05. The van der Waals surface area contributed by atoms with E-state index in [-0.39, 0.29) is 0 Å². The number of ether oxygens (including phenoxy) is 1. The highest BCUT2D eigenvalue weighted by molar-refractivity contribution is 7.09. The summed E-state index contributed by atoms with van der Waals surface area (Å²) in [6, 6.07) is 0. The molecule has 2 heterocycles. The summed E-state index contributed by atoms with van der Waals surface area (Å²) in [6.07, 6.45) is 4.13. The van der Waals surface area contributed by atoms with Crippen molar-refractivity contribution < 1.29 is 4.74 Å². The number of nitrogens with zero attached hydrogens (tertiary/aromatic N) is 1. The predicted molar refractivity (Wildman–Crippen MR) is 57.6 cm³/mol. The Morgan fingerprint density at radius 3 is 3.36 bits per heavy atom. The summed E-state index contributed by atoms with van der Waals surface area (Å²) in [6.45, 7) is 4.00. The highest BCUT2D eigenvalue weighted by Crippen LogP contribution is 2.10. The summed E-state index contributed by atoms with van der Waals surface area (Å²) >= 11 is 1.73. The number of nitrogens with one attached hydrogen (secondary N) is 1. The molecule has 3 nitrogen and oxygen atoms in total. The van der Waals surface area contributed by atoms with Crippen molar-refractivity contribution in [2.24, 2.45) is 5.92 Å². The second-order valence-electron chi connectivity index (χ2n) is 3.61. The van der Waals surface area contributed by atoms with Gasteiger partial charge in [0, 0.05) is 37.7 Å². The summed E-state index contributed by atoms with van der Waals surface area (Å²) < 4.78 is 5.31. The third-order valence-electron chi connectivity index (χ3n) is 2.46. The molecule has 4 heteroatoms. The summed E-state index contributed by atoms with van der Waals surface area (Å²) in [5.41, 5.74) is 0. The molecule has 1 saturated heterocycles. The van der Waals surface area contributed by atoms with E-state index in [1.807, 2.05) is 11.6 Å². The molecule has 1 atom stereocenters. The number of hydrogen-bond acceptors (Lipinski definition) is 4. The number of aromatic nitrogens is 1. The van der Waals surface area contributed by atoms with Gasteiger partial charge in [0.05, 0.1) is 11.6 Å². The van der Waals surface area contributed by atoms with E-state index in [0.29, 0.717) is 0 Å². The predicted octanol–water partition coefficient (Wildman–Crippen LogP) is 1.31. The van der Waals surface area contributed by atoms with Crippen molar-refractivity contribution >= 4 is 11.3 Å². The van der Waals surface area contributed by atoms with Crippen molar-refractivity contribution in [3.05, 3.63) is 16.6 Å². The maximum atomic E-state index is 5.31. The lowest BCUT2D eigenvalue weighted by Gasteiger charge is -2.07. The van der Waals surface area contributed by atoms with Gasteiger partial charge in [0.15, 0.2) is 0 Å². The molecule has 0 radical (unpaired) electrons. The molecule has 1 unspecified atom stereocenters. The van der Waals surface area contributed by atoms with Crippen LogP contribution in [0.4, 0.5) is 0 Å². The van der Waals surface area contributed by atoms with Crippen LogP contribution in [-0.4, -0.2) is 31.3 Å². The Bertz CT molecular complexity index is 245. The van der Waals surface area contributed by atoms with Crippen molar-refractivity contribution in [2.75, 3.05) is 26.3 Å². The van der Waals surface area contributed by atoms with Gasteiger partial charge in [0.1, 0.15) is 0 Å². The Labute approximate surface area is 88.5 Å². The van der Waals surface area contributed by atoms with Crippen molar-refractivity contribution in [1.29, 1.82) is 0 Å². The molecule has 2 rings (SSSR count). The van der Waals surface area contributed by atoms with Gasteiger partial charge in [-0.15, -0.1) is 11.3 Å². The molecular weight excluding hydrogens is 196 g/mol. The van der Waals surface area contributed by atoms with Crippen molar-refractivity contribution in [3.63, 3.8) is 0 Å². The molecule has 0 aliphatic carbocycles. The van der Waals surface area contributed by atoms with Crippen LogP contribution in [0.5, 0.6) is 0 Å². The SMILES string of the molecule is c1csc(CCNCC2CCOC2)n1. The first kappa shape index (κ1) is 10.1. The largest absolute Gasteiger partial charge is 0.381 e. The summed E-state index contributed by atoms with van der Waals surface area (Å²) in [7, 11) is 0.